The number of carbonyl (C=O) groups is 1. The SMILES string of the molecule is CCC(C)=CCOC(=O)OCC(Cl)(Cl)Cl. The van der Waals surface area contributed by atoms with E-state index in [0.29, 0.717) is 0 Å². The van der Waals surface area contributed by atoms with Gasteiger partial charge in [-0.1, -0.05) is 47.3 Å². The lowest BCUT2D eigenvalue weighted by Gasteiger charge is -2.10. The zero-order valence-electron chi connectivity index (χ0n) is 8.56. The Morgan fingerprint density at radius 3 is 2.40 bits per heavy atom. The Morgan fingerprint density at radius 1 is 1.33 bits per heavy atom. The van der Waals surface area contributed by atoms with Gasteiger partial charge in [0.1, 0.15) is 13.2 Å². The molecular formula is C9H13Cl3O3. The van der Waals surface area contributed by atoms with E-state index in [9.17, 15) is 4.79 Å². The van der Waals surface area contributed by atoms with Gasteiger partial charge in [-0.3, -0.25) is 0 Å². The van der Waals surface area contributed by atoms with Crippen molar-refractivity contribution in [3.8, 4) is 0 Å². The predicted molar refractivity (Wildman–Crippen MR) is 61.6 cm³/mol. The number of carbonyl (C=O) groups excluding carboxylic acids is 1. The van der Waals surface area contributed by atoms with Gasteiger partial charge in [-0.05, 0) is 19.4 Å². The monoisotopic (exact) mass is 274 g/mol. The second-order valence-electron chi connectivity index (χ2n) is 2.87. The quantitative estimate of drug-likeness (QED) is 0.444. The molecule has 0 aliphatic rings. The van der Waals surface area contributed by atoms with E-state index in [4.69, 9.17) is 39.5 Å². The van der Waals surface area contributed by atoms with Gasteiger partial charge in [0.25, 0.3) is 0 Å². The predicted octanol–water partition coefficient (Wildman–Crippen LogP) is 3.87. The highest BCUT2D eigenvalue weighted by atomic mass is 35.6. The van der Waals surface area contributed by atoms with E-state index in [-0.39, 0.29) is 13.2 Å². The van der Waals surface area contributed by atoms with Crippen LogP contribution in [0.1, 0.15) is 20.3 Å². The van der Waals surface area contributed by atoms with Crippen LogP contribution in [0.4, 0.5) is 4.79 Å². The van der Waals surface area contributed by atoms with Crippen LogP contribution < -0.4 is 0 Å². The first-order valence-electron chi connectivity index (χ1n) is 4.37. The molecule has 0 radical (unpaired) electrons. The van der Waals surface area contributed by atoms with E-state index in [1.54, 1.807) is 6.08 Å². The fraction of sp³-hybridized carbons (Fsp3) is 0.667. The van der Waals surface area contributed by atoms with Crippen LogP contribution in [0.15, 0.2) is 11.6 Å². The topological polar surface area (TPSA) is 35.5 Å². The van der Waals surface area contributed by atoms with E-state index >= 15 is 0 Å². The Balaban J connectivity index is 3.68. The third-order valence-corrected chi connectivity index (χ3v) is 1.87. The summed E-state index contributed by atoms with van der Waals surface area (Å²) in [6, 6.07) is 0. The van der Waals surface area contributed by atoms with E-state index in [1.165, 1.54) is 0 Å². The lowest BCUT2D eigenvalue weighted by molar-refractivity contribution is 0.0645. The van der Waals surface area contributed by atoms with Crippen molar-refractivity contribution in [1.82, 2.24) is 0 Å². The summed E-state index contributed by atoms with van der Waals surface area (Å²) < 4.78 is 7.63. The number of halogens is 3. The normalized spacial score (nSPS) is 12.5. The summed E-state index contributed by atoms with van der Waals surface area (Å²) in [5.41, 5.74) is 1.13. The van der Waals surface area contributed by atoms with E-state index < -0.39 is 9.95 Å². The van der Waals surface area contributed by atoms with Crippen molar-refractivity contribution in [3.63, 3.8) is 0 Å². The highest BCUT2D eigenvalue weighted by Gasteiger charge is 2.22. The lowest BCUT2D eigenvalue weighted by Crippen LogP contribution is -2.18. The third-order valence-electron chi connectivity index (χ3n) is 1.54. The van der Waals surface area contributed by atoms with Crippen molar-refractivity contribution < 1.29 is 14.3 Å². The molecule has 0 aromatic heterocycles. The Morgan fingerprint density at radius 2 is 1.93 bits per heavy atom. The van der Waals surface area contributed by atoms with Gasteiger partial charge in [0.2, 0.25) is 3.79 Å². The molecule has 0 spiro atoms. The molecule has 0 rings (SSSR count). The summed E-state index contributed by atoms with van der Waals surface area (Å²) in [5, 5.41) is 0. The van der Waals surface area contributed by atoms with Crippen molar-refractivity contribution in [2.75, 3.05) is 13.2 Å². The highest BCUT2D eigenvalue weighted by molar-refractivity contribution is 6.67. The molecular weight excluding hydrogens is 262 g/mol. The van der Waals surface area contributed by atoms with Crippen LogP contribution in [0.5, 0.6) is 0 Å². The van der Waals surface area contributed by atoms with Crippen molar-refractivity contribution in [3.05, 3.63) is 11.6 Å². The zero-order chi connectivity index (χ0) is 11.9. The largest absolute Gasteiger partial charge is 0.508 e. The molecule has 0 aromatic carbocycles. The number of alkyl halides is 3. The van der Waals surface area contributed by atoms with Crippen LogP contribution in [0.25, 0.3) is 0 Å². The van der Waals surface area contributed by atoms with Crippen molar-refractivity contribution >= 4 is 41.0 Å². The Kier molecular flexibility index (Phi) is 7.14. The maximum absolute atomic E-state index is 10.9. The minimum Gasteiger partial charge on any atom is -0.430 e. The van der Waals surface area contributed by atoms with Gasteiger partial charge in [0.15, 0.2) is 0 Å². The molecule has 15 heavy (non-hydrogen) atoms. The summed E-state index contributed by atoms with van der Waals surface area (Å²) in [4.78, 5) is 10.9. The van der Waals surface area contributed by atoms with Crippen LogP contribution in [0.3, 0.4) is 0 Å². The summed E-state index contributed by atoms with van der Waals surface area (Å²) in [6.07, 6.45) is 1.85. The number of allylic oxidation sites excluding steroid dienone is 1. The maximum Gasteiger partial charge on any atom is 0.508 e. The lowest BCUT2D eigenvalue weighted by atomic mass is 10.2. The first-order chi connectivity index (χ1) is 6.85. The minimum absolute atomic E-state index is 0.165. The van der Waals surface area contributed by atoms with Gasteiger partial charge in [-0.2, -0.15) is 0 Å². The molecule has 0 saturated carbocycles. The van der Waals surface area contributed by atoms with E-state index in [2.05, 4.69) is 4.74 Å². The number of rotatable bonds is 4. The molecule has 0 saturated heterocycles. The Hall–Kier alpha value is -0.120. The van der Waals surface area contributed by atoms with Gasteiger partial charge in [-0.15, -0.1) is 0 Å². The molecule has 0 heterocycles. The van der Waals surface area contributed by atoms with Gasteiger partial charge in [-0.25, -0.2) is 4.79 Å². The molecule has 0 fully saturated rings. The summed E-state index contributed by atoms with van der Waals surface area (Å²) in [6.45, 7) is 3.79. The molecule has 0 aliphatic heterocycles. The van der Waals surface area contributed by atoms with Crippen molar-refractivity contribution in [2.45, 2.75) is 24.1 Å². The van der Waals surface area contributed by atoms with Crippen LogP contribution in [0, 0.1) is 0 Å². The average molecular weight is 276 g/mol. The van der Waals surface area contributed by atoms with Crippen LogP contribution in [-0.2, 0) is 9.47 Å². The summed E-state index contributed by atoms with van der Waals surface area (Å²) in [5.74, 6) is 0. The smallest absolute Gasteiger partial charge is 0.430 e. The first-order valence-corrected chi connectivity index (χ1v) is 5.50. The molecule has 0 atom stereocenters. The van der Waals surface area contributed by atoms with E-state index in [1.807, 2.05) is 13.8 Å². The molecule has 88 valence electrons. The second-order valence-corrected chi connectivity index (χ2v) is 5.38. The van der Waals surface area contributed by atoms with Gasteiger partial charge < -0.3 is 9.47 Å². The van der Waals surface area contributed by atoms with Crippen LogP contribution in [0.2, 0.25) is 0 Å². The number of hydrogen-bond donors (Lipinski definition) is 0. The molecule has 0 aliphatic carbocycles. The van der Waals surface area contributed by atoms with Gasteiger partial charge >= 0.3 is 6.16 Å². The van der Waals surface area contributed by atoms with Crippen molar-refractivity contribution in [2.24, 2.45) is 0 Å². The molecule has 0 amide bonds. The molecule has 3 nitrogen and oxygen atoms in total. The molecule has 6 heteroatoms. The van der Waals surface area contributed by atoms with Gasteiger partial charge in [0, 0.05) is 0 Å². The fourth-order valence-electron chi connectivity index (χ4n) is 0.579. The minimum atomic E-state index is -1.60. The molecule has 0 bridgehead atoms. The van der Waals surface area contributed by atoms with Crippen LogP contribution in [-0.4, -0.2) is 23.2 Å². The number of hydrogen-bond acceptors (Lipinski definition) is 3. The fourth-order valence-corrected chi connectivity index (χ4v) is 0.742. The van der Waals surface area contributed by atoms with Crippen molar-refractivity contribution in [1.29, 1.82) is 0 Å². The zero-order valence-corrected chi connectivity index (χ0v) is 10.8. The molecule has 0 unspecified atom stereocenters. The Bertz CT molecular complexity index is 233. The number of ether oxygens (including phenoxy) is 2. The molecule has 0 N–H and O–H groups in total. The average Bonchev–Trinajstić information content (AvgIpc) is 2.13. The first kappa shape index (κ1) is 14.9. The maximum atomic E-state index is 10.9. The third kappa shape index (κ3) is 10.2. The van der Waals surface area contributed by atoms with Crippen LogP contribution >= 0.6 is 34.8 Å². The van der Waals surface area contributed by atoms with E-state index in [0.717, 1.165) is 12.0 Å². The highest BCUT2D eigenvalue weighted by Crippen LogP contribution is 2.25. The summed E-state index contributed by atoms with van der Waals surface area (Å²) in [7, 11) is 0. The van der Waals surface area contributed by atoms with Gasteiger partial charge in [0.05, 0.1) is 0 Å². The standard InChI is InChI=1S/C9H13Cl3O3/c1-3-7(2)4-5-14-8(13)15-6-9(10,11)12/h4H,3,5-6H2,1-2H3. The second kappa shape index (κ2) is 7.20. The Labute approximate surface area is 104 Å². The summed E-state index contributed by atoms with van der Waals surface area (Å²) >= 11 is 16.1. The molecule has 0 aromatic rings.